The molecule has 8 nitrogen and oxygen atoms in total. The fraction of sp³-hybridized carbons (Fsp3) is 0.333. The van der Waals surface area contributed by atoms with E-state index in [0.717, 1.165) is 60.3 Å². The van der Waals surface area contributed by atoms with Gasteiger partial charge in [-0.2, -0.15) is 0 Å². The number of nitrogens with zero attached hydrogens (tertiary/aromatic N) is 4. The lowest BCUT2D eigenvalue weighted by molar-refractivity contribution is 0.122. The normalized spacial score (nSPS) is 18.7. The molecule has 2 aliphatic rings. The molecule has 0 aliphatic carbocycles. The van der Waals surface area contributed by atoms with Gasteiger partial charge in [-0.05, 0) is 92.3 Å². The Hall–Kier alpha value is -3.63. The summed E-state index contributed by atoms with van der Waals surface area (Å²) in [6.07, 6.45) is 1.82. The minimum Gasteiger partial charge on any atom is -0.490 e. The van der Waals surface area contributed by atoms with Gasteiger partial charge in [-0.3, -0.25) is 4.98 Å². The summed E-state index contributed by atoms with van der Waals surface area (Å²) in [7, 11) is 1.64. The summed E-state index contributed by atoms with van der Waals surface area (Å²) < 4.78 is 18.8. The van der Waals surface area contributed by atoms with E-state index in [2.05, 4.69) is 63.9 Å². The molecule has 10 heteroatoms. The van der Waals surface area contributed by atoms with Crippen LogP contribution in [-0.4, -0.2) is 61.3 Å². The second-order valence-electron chi connectivity index (χ2n) is 10.7. The summed E-state index contributed by atoms with van der Waals surface area (Å²) in [6.45, 7) is 8.58. The van der Waals surface area contributed by atoms with E-state index in [1.807, 2.05) is 42.6 Å². The van der Waals surface area contributed by atoms with Crippen LogP contribution in [0.4, 0.5) is 11.4 Å². The van der Waals surface area contributed by atoms with E-state index < -0.39 is 0 Å². The highest BCUT2D eigenvalue weighted by molar-refractivity contribution is 7.80. The number of hydrogen-bond acceptors (Lipinski definition) is 6. The molecule has 0 unspecified atom stereocenters. The molecule has 0 saturated carbocycles. The number of anilines is 2. The van der Waals surface area contributed by atoms with Crippen molar-refractivity contribution in [1.29, 1.82) is 0 Å². The molecule has 2 fully saturated rings. The van der Waals surface area contributed by atoms with E-state index >= 15 is 0 Å². The molecule has 0 bridgehead atoms. The van der Waals surface area contributed by atoms with Crippen molar-refractivity contribution in [2.45, 2.75) is 25.9 Å². The lowest BCUT2D eigenvalue weighted by Gasteiger charge is -2.29. The van der Waals surface area contributed by atoms with Gasteiger partial charge in [0.15, 0.2) is 5.11 Å². The lowest BCUT2D eigenvalue weighted by atomic mass is 9.96. The standard InChI is InChI=1S/C33H36ClN5O3S/c1-22-20-27(23(2)38(22)25-9-7-24(8-10-25)37-14-16-41-17-15-37)32-31(29-6-4-5-13-35-29)36-33(43)39(32)26-11-12-30(28(34)21-26)42-19-18-40-3/h4-13,20-21,31-32H,14-19H2,1-3H3,(H,36,43)/t31-,32-/m1/s1. The van der Waals surface area contributed by atoms with Crippen molar-refractivity contribution in [2.24, 2.45) is 0 Å². The maximum absolute atomic E-state index is 6.71. The first-order valence-corrected chi connectivity index (χ1v) is 15.3. The van der Waals surface area contributed by atoms with E-state index in [0.29, 0.717) is 29.1 Å². The summed E-state index contributed by atoms with van der Waals surface area (Å²) in [5.41, 5.74) is 7.58. The average Bonchev–Trinajstić information content (AvgIpc) is 3.53. The molecule has 224 valence electrons. The van der Waals surface area contributed by atoms with Crippen LogP contribution in [0.1, 0.15) is 34.7 Å². The third-order valence-corrected chi connectivity index (χ3v) is 8.72. The molecular formula is C33H36ClN5O3S. The minimum atomic E-state index is -0.164. The summed E-state index contributed by atoms with van der Waals surface area (Å²) >= 11 is 12.7. The number of pyridine rings is 1. The third kappa shape index (κ3) is 5.95. The lowest BCUT2D eigenvalue weighted by Crippen LogP contribution is -2.36. The number of aromatic nitrogens is 2. The number of nitrogens with one attached hydrogen (secondary N) is 1. The average molecular weight is 618 g/mol. The second-order valence-corrected chi connectivity index (χ2v) is 11.5. The van der Waals surface area contributed by atoms with Crippen LogP contribution in [0.5, 0.6) is 5.75 Å². The number of rotatable bonds is 9. The fourth-order valence-electron chi connectivity index (χ4n) is 6.06. The molecule has 0 amide bonds. The monoisotopic (exact) mass is 617 g/mol. The number of morpholine rings is 1. The smallest absolute Gasteiger partial charge is 0.174 e. The van der Waals surface area contributed by atoms with Gasteiger partial charge in [-0.25, -0.2) is 0 Å². The SMILES string of the molecule is COCCOc1ccc(N2C(=S)N[C@H](c3ccccn3)[C@H]2c2cc(C)n(-c3ccc(N4CCOCC4)cc3)c2C)cc1Cl. The first-order chi connectivity index (χ1) is 21.0. The van der Waals surface area contributed by atoms with Gasteiger partial charge in [0.05, 0.1) is 42.6 Å². The van der Waals surface area contributed by atoms with Crippen LogP contribution >= 0.6 is 23.8 Å². The van der Waals surface area contributed by atoms with Crippen molar-refractivity contribution < 1.29 is 14.2 Å². The predicted molar refractivity (Wildman–Crippen MR) is 175 cm³/mol. The number of halogens is 1. The zero-order chi connectivity index (χ0) is 29.9. The van der Waals surface area contributed by atoms with Gasteiger partial charge in [0.1, 0.15) is 12.4 Å². The van der Waals surface area contributed by atoms with Crippen molar-refractivity contribution in [1.82, 2.24) is 14.9 Å². The van der Waals surface area contributed by atoms with Crippen molar-refractivity contribution >= 4 is 40.3 Å². The molecule has 1 N–H and O–H groups in total. The summed E-state index contributed by atoms with van der Waals surface area (Å²) in [6, 6.07) is 22.5. The van der Waals surface area contributed by atoms with Crippen LogP contribution in [0.25, 0.3) is 5.69 Å². The maximum atomic E-state index is 6.71. The molecule has 6 rings (SSSR count). The number of hydrogen-bond donors (Lipinski definition) is 1. The van der Waals surface area contributed by atoms with Gasteiger partial charge in [0, 0.05) is 54.8 Å². The Balaban J connectivity index is 1.38. The maximum Gasteiger partial charge on any atom is 0.174 e. The van der Waals surface area contributed by atoms with Gasteiger partial charge < -0.3 is 33.9 Å². The number of aryl methyl sites for hydroxylation is 1. The molecular weight excluding hydrogens is 582 g/mol. The second kappa shape index (κ2) is 12.9. The number of methoxy groups -OCH3 is 1. The highest BCUT2D eigenvalue weighted by atomic mass is 35.5. The van der Waals surface area contributed by atoms with Crippen molar-refractivity contribution in [3.8, 4) is 11.4 Å². The highest BCUT2D eigenvalue weighted by Crippen LogP contribution is 2.45. The molecule has 0 radical (unpaired) electrons. The first-order valence-electron chi connectivity index (χ1n) is 14.5. The third-order valence-electron chi connectivity index (χ3n) is 8.11. The number of ether oxygens (including phenoxy) is 3. The van der Waals surface area contributed by atoms with E-state index in [9.17, 15) is 0 Å². The largest absolute Gasteiger partial charge is 0.490 e. The molecule has 2 saturated heterocycles. The van der Waals surface area contributed by atoms with E-state index in [4.69, 9.17) is 43.0 Å². The quantitative estimate of drug-likeness (QED) is 0.176. The van der Waals surface area contributed by atoms with Crippen LogP contribution in [0.15, 0.2) is 72.9 Å². The Morgan fingerprint density at radius 2 is 1.72 bits per heavy atom. The van der Waals surface area contributed by atoms with Gasteiger partial charge in [0.2, 0.25) is 0 Å². The molecule has 43 heavy (non-hydrogen) atoms. The van der Waals surface area contributed by atoms with Crippen LogP contribution < -0.4 is 19.9 Å². The zero-order valence-corrected chi connectivity index (χ0v) is 26.2. The minimum absolute atomic E-state index is 0.161. The van der Waals surface area contributed by atoms with E-state index in [1.54, 1.807) is 7.11 Å². The molecule has 0 spiro atoms. The van der Waals surface area contributed by atoms with Crippen molar-refractivity contribution in [3.05, 3.63) is 101 Å². The van der Waals surface area contributed by atoms with Gasteiger partial charge in [-0.15, -0.1) is 0 Å². The summed E-state index contributed by atoms with van der Waals surface area (Å²) in [4.78, 5) is 9.23. The van der Waals surface area contributed by atoms with E-state index in [-0.39, 0.29) is 12.1 Å². The first kappa shape index (κ1) is 29.4. The Morgan fingerprint density at radius 3 is 2.42 bits per heavy atom. The number of benzene rings is 2. The zero-order valence-electron chi connectivity index (χ0n) is 24.6. The van der Waals surface area contributed by atoms with Crippen LogP contribution in [0.3, 0.4) is 0 Å². The molecule has 4 aromatic rings. The Bertz CT molecular complexity index is 1570. The molecule has 2 aromatic carbocycles. The highest BCUT2D eigenvalue weighted by Gasteiger charge is 2.42. The number of thiocarbonyl (C=S) groups is 1. The molecule has 2 atom stereocenters. The van der Waals surface area contributed by atoms with Gasteiger partial charge in [0.25, 0.3) is 0 Å². The molecule has 4 heterocycles. The summed E-state index contributed by atoms with van der Waals surface area (Å²) in [5.74, 6) is 0.608. The predicted octanol–water partition coefficient (Wildman–Crippen LogP) is 6.18. The van der Waals surface area contributed by atoms with Gasteiger partial charge >= 0.3 is 0 Å². The van der Waals surface area contributed by atoms with Crippen LogP contribution in [-0.2, 0) is 9.47 Å². The van der Waals surface area contributed by atoms with Crippen molar-refractivity contribution in [2.75, 3.05) is 56.4 Å². The van der Waals surface area contributed by atoms with Gasteiger partial charge in [-0.1, -0.05) is 17.7 Å². The Kier molecular flexibility index (Phi) is 8.85. The Morgan fingerprint density at radius 1 is 0.977 bits per heavy atom. The van der Waals surface area contributed by atoms with Crippen molar-refractivity contribution in [3.63, 3.8) is 0 Å². The Labute approximate surface area is 263 Å². The fourth-order valence-corrected chi connectivity index (χ4v) is 6.63. The van der Waals surface area contributed by atoms with E-state index in [1.165, 1.54) is 5.69 Å². The summed E-state index contributed by atoms with van der Waals surface area (Å²) in [5, 5.41) is 4.69. The topological polar surface area (TPSA) is 64.0 Å². The van der Waals surface area contributed by atoms with Crippen LogP contribution in [0.2, 0.25) is 5.02 Å². The molecule has 2 aromatic heterocycles. The molecule has 2 aliphatic heterocycles. The van der Waals surface area contributed by atoms with Crippen LogP contribution in [0, 0.1) is 13.8 Å².